The number of likely N-dealkylation sites (tertiary alicyclic amines) is 1. The van der Waals surface area contributed by atoms with Crippen molar-refractivity contribution in [3.05, 3.63) is 63.0 Å². The summed E-state index contributed by atoms with van der Waals surface area (Å²) in [6.45, 7) is 5.49. The summed E-state index contributed by atoms with van der Waals surface area (Å²) < 4.78 is 16.9. The summed E-state index contributed by atoms with van der Waals surface area (Å²) in [6, 6.07) is 9.55. The molecule has 2 saturated heterocycles. The Kier molecular flexibility index (Phi) is 7.28. The van der Waals surface area contributed by atoms with Crippen LogP contribution in [-0.2, 0) is 32.0 Å². The number of aromatic amines is 1. The maximum Gasteiger partial charge on any atom is 0.421 e. The number of hydrogen-bond donors (Lipinski definition) is 1. The van der Waals surface area contributed by atoms with Gasteiger partial charge in [0.05, 0.1) is 11.6 Å². The molecule has 0 aliphatic carbocycles. The van der Waals surface area contributed by atoms with E-state index in [0.717, 1.165) is 30.6 Å². The molecular weight excluding hydrogens is 460 g/mol. The molecule has 2 fully saturated rings. The first-order valence-corrected chi connectivity index (χ1v) is 11.9. The lowest BCUT2D eigenvalue weighted by molar-refractivity contribution is -0.274. The Balaban J connectivity index is 1.48. The molecular formula is C25H29ClN2O6. The number of piperidine rings is 1. The van der Waals surface area contributed by atoms with Crippen LogP contribution in [-0.4, -0.2) is 40.9 Å². The van der Waals surface area contributed by atoms with Gasteiger partial charge in [-0.3, -0.25) is 4.79 Å². The van der Waals surface area contributed by atoms with E-state index in [1.54, 1.807) is 11.0 Å². The van der Waals surface area contributed by atoms with Crippen molar-refractivity contribution in [2.45, 2.75) is 52.0 Å². The van der Waals surface area contributed by atoms with Crippen LogP contribution in [0.15, 0.2) is 41.3 Å². The highest BCUT2D eigenvalue weighted by Gasteiger charge is 2.55. The zero-order valence-corrected chi connectivity index (χ0v) is 20.1. The third kappa shape index (κ3) is 5.45. The van der Waals surface area contributed by atoms with Gasteiger partial charge in [0.15, 0.2) is 0 Å². The molecule has 0 saturated carbocycles. The summed E-state index contributed by atoms with van der Waals surface area (Å²) in [6.07, 6.45) is 4.13. The number of esters is 2. The minimum absolute atomic E-state index is 0.134. The molecule has 1 aromatic heterocycles. The summed E-state index contributed by atoms with van der Waals surface area (Å²) in [5.74, 6) is -2.10. The molecule has 34 heavy (non-hydrogen) atoms. The number of hydrogen-bond acceptors (Lipinski definition) is 7. The first-order valence-electron chi connectivity index (χ1n) is 11.5. The average molecular weight is 489 g/mol. The van der Waals surface area contributed by atoms with Crippen LogP contribution in [0.4, 0.5) is 0 Å². The molecule has 1 spiro atoms. The molecule has 2 aliphatic heterocycles. The van der Waals surface area contributed by atoms with Crippen molar-refractivity contribution in [3.63, 3.8) is 0 Å². The Morgan fingerprint density at radius 2 is 1.91 bits per heavy atom. The lowest BCUT2D eigenvalue weighted by Crippen LogP contribution is -2.55. The van der Waals surface area contributed by atoms with Crippen LogP contribution in [0, 0.1) is 11.8 Å². The van der Waals surface area contributed by atoms with Crippen molar-refractivity contribution in [1.82, 2.24) is 9.88 Å². The lowest BCUT2D eigenvalue weighted by Gasteiger charge is -2.43. The summed E-state index contributed by atoms with van der Waals surface area (Å²) in [4.78, 5) is 40.6. The van der Waals surface area contributed by atoms with Crippen molar-refractivity contribution in [2.24, 2.45) is 11.8 Å². The zero-order chi connectivity index (χ0) is 24.3. The number of aryl methyl sites for hydroxylation is 1. The quantitative estimate of drug-likeness (QED) is 0.447. The fraction of sp³-hybridized carbons (Fsp3) is 0.480. The van der Waals surface area contributed by atoms with Crippen LogP contribution in [0.25, 0.3) is 0 Å². The first kappa shape index (κ1) is 24.3. The predicted molar refractivity (Wildman–Crippen MR) is 125 cm³/mol. The highest BCUT2D eigenvalue weighted by molar-refractivity contribution is 6.31. The smallest absolute Gasteiger partial charge is 0.421 e. The number of ether oxygens (including phenoxy) is 3. The second kappa shape index (κ2) is 10.2. The molecule has 1 unspecified atom stereocenters. The van der Waals surface area contributed by atoms with Gasteiger partial charge in [0.25, 0.3) is 5.56 Å². The van der Waals surface area contributed by atoms with E-state index in [-0.39, 0.29) is 18.0 Å². The van der Waals surface area contributed by atoms with Gasteiger partial charge in [-0.15, -0.1) is 0 Å². The number of pyridine rings is 1. The summed E-state index contributed by atoms with van der Waals surface area (Å²) in [7, 11) is 0. The van der Waals surface area contributed by atoms with Crippen LogP contribution in [0.5, 0.6) is 5.75 Å². The van der Waals surface area contributed by atoms with Crippen molar-refractivity contribution in [3.8, 4) is 5.75 Å². The second-order valence-corrected chi connectivity index (χ2v) is 9.73. The molecule has 0 bridgehead atoms. The van der Waals surface area contributed by atoms with Crippen LogP contribution in [0.2, 0.25) is 5.02 Å². The maximum atomic E-state index is 12.3. The van der Waals surface area contributed by atoms with E-state index in [1.165, 1.54) is 6.20 Å². The molecule has 182 valence electrons. The Morgan fingerprint density at radius 1 is 1.18 bits per heavy atom. The average Bonchev–Trinajstić information content (AvgIpc) is 3.08. The van der Waals surface area contributed by atoms with E-state index < -0.39 is 17.8 Å². The molecule has 9 heteroatoms. The number of nitrogens with zero attached hydrogens (tertiary/aromatic N) is 1. The van der Waals surface area contributed by atoms with Crippen molar-refractivity contribution in [1.29, 1.82) is 0 Å². The Hall–Kier alpha value is -2.84. The molecule has 8 nitrogen and oxygen atoms in total. The van der Waals surface area contributed by atoms with Gasteiger partial charge < -0.3 is 19.2 Å². The van der Waals surface area contributed by atoms with Gasteiger partial charge in [-0.25, -0.2) is 14.5 Å². The summed E-state index contributed by atoms with van der Waals surface area (Å²) in [5.41, 5.74) is 1.22. The van der Waals surface area contributed by atoms with Crippen molar-refractivity contribution >= 4 is 23.5 Å². The zero-order valence-electron chi connectivity index (χ0n) is 19.3. The highest BCUT2D eigenvalue weighted by atomic mass is 35.5. The van der Waals surface area contributed by atoms with Crippen LogP contribution < -0.4 is 10.3 Å². The van der Waals surface area contributed by atoms with E-state index >= 15 is 0 Å². The van der Waals surface area contributed by atoms with E-state index in [2.05, 4.69) is 24.9 Å². The monoisotopic (exact) mass is 488 g/mol. The lowest BCUT2D eigenvalue weighted by atomic mass is 9.88. The standard InChI is InChI=1S/C25H29ClN2O6/c1-16(2)15-32-21-6-4-3-5-18(21)8-7-17-9-10-28(14-19-11-20(26)13-27-22(19)29)25(12-17)33-23(30)24(31)34-25/h3-6,11,13,16-17H,7-10,12,14-15H2,1-2H3,(H,27,29). The summed E-state index contributed by atoms with van der Waals surface area (Å²) in [5, 5.41) is 0.386. The number of para-hydroxylation sites is 1. The molecule has 1 N–H and O–H groups in total. The van der Waals surface area contributed by atoms with Crippen molar-refractivity contribution in [2.75, 3.05) is 13.2 Å². The van der Waals surface area contributed by atoms with Crippen LogP contribution in [0.1, 0.15) is 44.2 Å². The van der Waals surface area contributed by atoms with Gasteiger partial charge in [-0.2, -0.15) is 0 Å². The summed E-state index contributed by atoms with van der Waals surface area (Å²) >= 11 is 6.04. The van der Waals surface area contributed by atoms with Crippen LogP contribution >= 0.6 is 11.6 Å². The molecule has 0 radical (unpaired) electrons. The number of rotatable bonds is 8. The Bertz CT molecular complexity index is 1100. The number of carbonyl (C=O) groups excluding carboxylic acids is 2. The second-order valence-electron chi connectivity index (χ2n) is 9.30. The SMILES string of the molecule is CC(C)COc1ccccc1CCC1CCN(Cc2cc(Cl)c[nH]c2=O)C2(C1)OC(=O)C(=O)O2. The minimum atomic E-state index is -1.51. The van der Waals surface area contributed by atoms with Gasteiger partial charge in [-0.1, -0.05) is 43.6 Å². The molecule has 1 atom stereocenters. The Morgan fingerprint density at radius 3 is 2.65 bits per heavy atom. The number of benzene rings is 1. The van der Waals surface area contributed by atoms with Crippen molar-refractivity contribution < 1.29 is 23.8 Å². The number of carbonyl (C=O) groups is 2. The largest absolute Gasteiger partial charge is 0.493 e. The van der Waals surface area contributed by atoms with Gasteiger partial charge in [0.2, 0.25) is 0 Å². The van der Waals surface area contributed by atoms with Gasteiger partial charge in [0, 0.05) is 31.3 Å². The number of H-pyrrole nitrogens is 1. The normalized spacial score (nSPS) is 19.9. The fourth-order valence-corrected chi connectivity index (χ4v) is 4.63. The molecule has 4 rings (SSSR count). The van der Waals surface area contributed by atoms with E-state index in [4.69, 9.17) is 25.8 Å². The molecule has 2 aromatic rings. The molecule has 1 aromatic carbocycles. The van der Waals surface area contributed by atoms with E-state index in [9.17, 15) is 14.4 Å². The molecule has 0 amide bonds. The van der Waals surface area contributed by atoms with Crippen LogP contribution in [0.3, 0.4) is 0 Å². The topological polar surface area (TPSA) is 97.9 Å². The fourth-order valence-electron chi connectivity index (χ4n) is 4.45. The number of aromatic nitrogens is 1. The maximum absolute atomic E-state index is 12.3. The third-order valence-corrected chi connectivity index (χ3v) is 6.40. The number of halogens is 1. The molecule has 2 aliphatic rings. The van der Waals surface area contributed by atoms with E-state index in [0.29, 0.717) is 36.1 Å². The predicted octanol–water partition coefficient (Wildman–Crippen LogP) is 3.66. The minimum Gasteiger partial charge on any atom is -0.493 e. The van der Waals surface area contributed by atoms with Gasteiger partial charge >= 0.3 is 17.8 Å². The third-order valence-electron chi connectivity index (χ3n) is 6.18. The highest BCUT2D eigenvalue weighted by Crippen LogP contribution is 2.40. The first-order chi connectivity index (χ1) is 16.3. The van der Waals surface area contributed by atoms with Gasteiger partial charge in [-0.05, 0) is 48.8 Å². The number of nitrogens with one attached hydrogen (secondary N) is 1. The Labute approximate surface area is 203 Å². The molecule has 3 heterocycles. The van der Waals surface area contributed by atoms with E-state index in [1.807, 2.05) is 18.2 Å². The van der Waals surface area contributed by atoms with Gasteiger partial charge in [0.1, 0.15) is 5.75 Å².